The third-order valence-corrected chi connectivity index (χ3v) is 9.02. The number of benzene rings is 4. The van der Waals surface area contributed by atoms with Crippen molar-refractivity contribution in [2.75, 3.05) is 0 Å². The van der Waals surface area contributed by atoms with Crippen molar-refractivity contribution in [1.29, 1.82) is 0 Å². The maximum atomic E-state index is 10.0. The molecule has 0 aliphatic heterocycles. The summed E-state index contributed by atoms with van der Waals surface area (Å²) < 4.78 is 6.42. The number of carbonyl (C=O) groups excluding carboxylic acids is 1. The number of carbonyl (C=O) groups is 1. The van der Waals surface area contributed by atoms with Gasteiger partial charge < -0.3 is 9.52 Å². The number of allylic oxidation sites excluding steroid dienone is 2. The van der Waals surface area contributed by atoms with Gasteiger partial charge in [0, 0.05) is 43.6 Å². The van der Waals surface area contributed by atoms with Crippen LogP contribution in [0.1, 0.15) is 13.8 Å². The third-order valence-electron chi connectivity index (χ3n) is 6.98. The second-order valence-corrected chi connectivity index (χ2v) is 16.5. The van der Waals surface area contributed by atoms with Gasteiger partial charge in [0.05, 0.1) is 25.2 Å². The Kier molecular flexibility index (Phi) is 9.97. The van der Waals surface area contributed by atoms with E-state index in [0.717, 1.165) is 50.1 Å². The molecule has 0 saturated heterocycles. The van der Waals surface area contributed by atoms with Gasteiger partial charge in [-0.05, 0) is 41.8 Å². The summed E-state index contributed by atoms with van der Waals surface area (Å²) in [5, 5.41) is 13.1. The Morgan fingerprint density at radius 2 is 1.51 bits per heavy atom. The van der Waals surface area contributed by atoms with Crippen molar-refractivity contribution in [3.05, 3.63) is 121 Å². The molecule has 2 aromatic heterocycles. The molecule has 2 heterocycles. The van der Waals surface area contributed by atoms with E-state index >= 15 is 0 Å². The number of nitrogens with zero attached hydrogens (tertiary/aromatic N) is 1. The van der Waals surface area contributed by atoms with Crippen molar-refractivity contribution >= 4 is 40.8 Å². The average molecular weight is 761 g/mol. The molecule has 1 N–H and O–H groups in total. The van der Waals surface area contributed by atoms with Crippen LogP contribution in [0.25, 0.3) is 55.4 Å². The van der Waals surface area contributed by atoms with Gasteiger partial charge in [0.2, 0.25) is 0 Å². The van der Waals surface area contributed by atoms with Crippen molar-refractivity contribution in [1.82, 2.24) is 4.98 Å². The van der Waals surface area contributed by atoms with Crippen LogP contribution in [-0.2, 0) is 24.9 Å². The number of furan rings is 1. The summed E-state index contributed by atoms with van der Waals surface area (Å²) in [6.07, 6.45) is 3.08. The largest absolute Gasteiger partial charge is 0.512 e. The van der Waals surface area contributed by atoms with Gasteiger partial charge in [-0.1, -0.05) is 121 Å². The number of aromatic nitrogens is 1. The molecule has 6 rings (SSSR count). The van der Waals surface area contributed by atoms with Crippen molar-refractivity contribution in [3.63, 3.8) is 0 Å². The molecule has 0 aliphatic rings. The number of rotatable bonds is 5. The van der Waals surface area contributed by atoms with Gasteiger partial charge in [0.25, 0.3) is 0 Å². The number of hydrogen-bond donors (Lipinski definition) is 1. The quantitative estimate of drug-likeness (QED) is 0.0824. The van der Waals surface area contributed by atoms with Crippen LogP contribution in [0.3, 0.4) is 0 Å². The van der Waals surface area contributed by atoms with Crippen LogP contribution in [0, 0.1) is 6.07 Å². The van der Waals surface area contributed by atoms with E-state index in [1.54, 1.807) is 0 Å². The minimum absolute atomic E-state index is 0. The van der Waals surface area contributed by atoms with Crippen molar-refractivity contribution in [2.24, 2.45) is 0 Å². The Balaban J connectivity index is 0.000000475. The normalized spacial score (nSPS) is 11.5. The summed E-state index contributed by atoms with van der Waals surface area (Å²) in [5.74, 6) is 0.782. The van der Waals surface area contributed by atoms with E-state index in [1.807, 2.05) is 30.5 Å². The van der Waals surface area contributed by atoms with E-state index in [9.17, 15) is 4.79 Å². The van der Waals surface area contributed by atoms with Gasteiger partial charge in [-0.2, -0.15) is 0 Å². The maximum absolute atomic E-state index is 10.0. The Hall–Kier alpha value is -4.09. The van der Waals surface area contributed by atoms with Crippen molar-refractivity contribution in [3.8, 4) is 33.7 Å². The zero-order valence-electron chi connectivity index (χ0n) is 24.9. The second kappa shape index (κ2) is 13.5. The Morgan fingerprint density at radius 1 is 0.860 bits per heavy atom. The molecule has 219 valence electrons. The summed E-state index contributed by atoms with van der Waals surface area (Å²) >= 11 is 0. The molecular weight excluding hydrogens is 727 g/mol. The van der Waals surface area contributed by atoms with Crippen LogP contribution in [0.4, 0.5) is 0 Å². The fourth-order valence-electron chi connectivity index (χ4n) is 4.93. The van der Waals surface area contributed by atoms with E-state index in [2.05, 4.69) is 98.5 Å². The second-order valence-electron chi connectivity index (χ2n) is 11.4. The van der Waals surface area contributed by atoms with Gasteiger partial charge in [0.15, 0.2) is 5.78 Å². The SMILES string of the molecule is CC(=O)/C=C(/C)O.C[Si](C)(C)c1ccc2c(-c3[c-]c4cc(-c5ccccc5)oc4c(-c4ccccc4)c3)nccc2c1.[Ir]. The standard InChI is InChI=1S/C32H26NOSi.C5H8O2.Ir/c1-35(2,3)27-14-15-28-24(19-27)16-17-33-31(28)25-18-26-21-30(23-12-8-5-9-13-23)34-32(26)29(20-25)22-10-6-4-7-11-22;1-4(6)3-5(2)7;/h4-17,19-21H,1-3H3;3,6H,1-2H3;/q-1;;/b;4-3-;. The summed E-state index contributed by atoms with van der Waals surface area (Å²) in [7, 11) is -1.41. The average Bonchev–Trinajstić information content (AvgIpc) is 3.40. The molecule has 0 saturated carbocycles. The van der Waals surface area contributed by atoms with Gasteiger partial charge in [-0.25, -0.2) is 0 Å². The Labute approximate surface area is 267 Å². The molecular formula is C37H34IrNO3Si-. The molecule has 0 unspecified atom stereocenters. The third kappa shape index (κ3) is 7.47. The van der Waals surface area contributed by atoms with Gasteiger partial charge in [0.1, 0.15) is 0 Å². The Morgan fingerprint density at radius 3 is 2.09 bits per heavy atom. The van der Waals surface area contributed by atoms with Gasteiger partial charge in [-0.3, -0.25) is 9.78 Å². The first-order valence-electron chi connectivity index (χ1n) is 14.0. The topological polar surface area (TPSA) is 63.3 Å². The number of fused-ring (bicyclic) bond motifs is 2. The number of pyridine rings is 1. The van der Waals surface area contributed by atoms with Crippen LogP contribution in [0.2, 0.25) is 19.6 Å². The number of aliphatic hydroxyl groups is 1. The van der Waals surface area contributed by atoms with Crippen LogP contribution < -0.4 is 5.19 Å². The zero-order valence-corrected chi connectivity index (χ0v) is 28.3. The Bertz CT molecular complexity index is 1900. The molecule has 43 heavy (non-hydrogen) atoms. The molecule has 4 nitrogen and oxygen atoms in total. The van der Waals surface area contributed by atoms with Gasteiger partial charge >= 0.3 is 0 Å². The smallest absolute Gasteiger partial charge is 0.155 e. The summed E-state index contributed by atoms with van der Waals surface area (Å²) in [5.41, 5.74) is 5.99. The van der Waals surface area contributed by atoms with E-state index in [0.29, 0.717) is 0 Å². The molecule has 6 aromatic rings. The predicted octanol–water partition coefficient (Wildman–Crippen LogP) is 9.36. The van der Waals surface area contributed by atoms with Crippen LogP contribution >= 0.6 is 0 Å². The summed E-state index contributed by atoms with van der Waals surface area (Å²) in [6.45, 7) is 10.00. The van der Waals surface area contributed by atoms with E-state index in [4.69, 9.17) is 14.5 Å². The fraction of sp³-hybridized carbons (Fsp3) is 0.135. The monoisotopic (exact) mass is 761 g/mol. The molecule has 0 amide bonds. The first-order valence-corrected chi connectivity index (χ1v) is 17.5. The number of ketones is 1. The number of aliphatic hydroxyl groups excluding tert-OH is 1. The van der Waals surface area contributed by atoms with Crippen molar-refractivity contribution < 1.29 is 34.4 Å². The van der Waals surface area contributed by atoms with E-state index < -0.39 is 8.07 Å². The van der Waals surface area contributed by atoms with Crippen LogP contribution in [-0.4, -0.2) is 23.9 Å². The summed E-state index contributed by atoms with van der Waals surface area (Å²) in [4.78, 5) is 14.8. The first-order chi connectivity index (χ1) is 20.1. The molecule has 0 fully saturated rings. The molecule has 1 radical (unpaired) electrons. The zero-order chi connectivity index (χ0) is 29.9. The minimum atomic E-state index is -1.41. The minimum Gasteiger partial charge on any atom is -0.512 e. The molecule has 4 aromatic carbocycles. The number of hydrogen-bond acceptors (Lipinski definition) is 4. The first kappa shape index (κ1) is 31.8. The van der Waals surface area contributed by atoms with Crippen LogP contribution in [0.15, 0.2) is 120 Å². The van der Waals surface area contributed by atoms with Gasteiger partial charge in [-0.15, -0.1) is 12.1 Å². The molecule has 0 aliphatic carbocycles. The molecule has 0 atom stereocenters. The van der Waals surface area contributed by atoms with Crippen LogP contribution in [0.5, 0.6) is 0 Å². The summed E-state index contributed by atoms with van der Waals surface area (Å²) in [6, 6.07) is 37.5. The van der Waals surface area contributed by atoms with E-state index in [-0.39, 0.29) is 31.6 Å². The molecule has 6 heteroatoms. The van der Waals surface area contributed by atoms with E-state index in [1.165, 1.54) is 30.5 Å². The molecule has 0 spiro atoms. The molecule has 0 bridgehead atoms. The predicted molar refractivity (Wildman–Crippen MR) is 177 cm³/mol. The van der Waals surface area contributed by atoms with Crippen molar-refractivity contribution in [2.45, 2.75) is 33.5 Å². The fourth-order valence-corrected chi connectivity index (χ4v) is 6.10. The maximum Gasteiger partial charge on any atom is 0.155 e.